The van der Waals surface area contributed by atoms with Crippen molar-refractivity contribution in [3.63, 3.8) is 0 Å². The zero-order valence-electron chi connectivity index (χ0n) is 8.24. The summed E-state index contributed by atoms with van der Waals surface area (Å²) in [4.78, 5) is 1.85. The van der Waals surface area contributed by atoms with Crippen molar-refractivity contribution in [2.45, 2.75) is 6.54 Å². The van der Waals surface area contributed by atoms with Crippen LogP contribution in [-0.4, -0.2) is 23.8 Å². The second-order valence-corrected chi connectivity index (χ2v) is 4.90. The first-order valence-electron chi connectivity index (χ1n) is 4.43. The van der Waals surface area contributed by atoms with Gasteiger partial charge in [-0.3, -0.25) is 0 Å². The number of rotatable bonds is 4. The third kappa shape index (κ3) is 3.50. The zero-order chi connectivity index (χ0) is 11.4. The molecule has 0 saturated heterocycles. The maximum absolute atomic E-state index is 13.5. The molecule has 1 nitrogen and oxygen atoms in total. The van der Waals surface area contributed by atoms with Crippen molar-refractivity contribution in [2.75, 3.05) is 18.9 Å². The Kier molecular flexibility index (Phi) is 5.15. The lowest BCUT2D eigenvalue weighted by Gasteiger charge is -2.16. The van der Waals surface area contributed by atoms with Gasteiger partial charge in [-0.15, -0.1) is 0 Å². The molecule has 0 aliphatic rings. The molecule has 0 fully saturated rings. The second kappa shape index (κ2) is 5.92. The van der Waals surface area contributed by atoms with Crippen LogP contribution in [0.4, 0.5) is 8.78 Å². The predicted octanol–water partition coefficient (Wildman–Crippen LogP) is 3.55. The lowest BCUT2D eigenvalue weighted by atomic mass is 10.2. The van der Waals surface area contributed by atoms with Gasteiger partial charge in [0.2, 0.25) is 0 Å². The molecule has 5 heteroatoms. The topological polar surface area (TPSA) is 3.24 Å². The smallest absolute Gasteiger partial charge is 0.144 e. The van der Waals surface area contributed by atoms with Crippen molar-refractivity contribution in [3.8, 4) is 0 Å². The highest BCUT2D eigenvalue weighted by Gasteiger charge is 2.13. The van der Waals surface area contributed by atoms with E-state index in [0.29, 0.717) is 4.47 Å². The van der Waals surface area contributed by atoms with Gasteiger partial charge in [-0.05, 0) is 35.1 Å². The van der Waals surface area contributed by atoms with Crippen LogP contribution in [0.2, 0.25) is 0 Å². The number of hydrogen-bond donors (Lipinski definition) is 0. The number of benzene rings is 1. The highest BCUT2D eigenvalue weighted by molar-refractivity contribution is 9.10. The number of alkyl halides is 1. The number of nitrogens with zero attached hydrogens (tertiary/aromatic N) is 1. The van der Waals surface area contributed by atoms with E-state index in [2.05, 4.69) is 31.9 Å². The Hall–Kier alpha value is -0.0000000000000000555. The van der Waals surface area contributed by atoms with Crippen molar-refractivity contribution in [1.82, 2.24) is 4.90 Å². The first kappa shape index (κ1) is 13.1. The first-order chi connectivity index (χ1) is 7.06. The highest BCUT2D eigenvalue weighted by atomic mass is 79.9. The Morgan fingerprint density at radius 3 is 2.60 bits per heavy atom. The Morgan fingerprint density at radius 1 is 1.33 bits per heavy atom. The molecule has 0 bridgehead atoms. The number of hydrogen-bond acceptors (Lipinski definition) is 1. The van der Waals surface area contributed by atoms with Gasteiger partial charge in [0.15, 0.2) is 0 Å². The Balaban J connectivity index is 2.88. The van der Waals surface area contributed by atoms with Gasteiger partial charge in [-0.2, -0.15) is 0 Å². The van der Waals surface area contributed by atoms with Crippen LogP contribution >= 0.6 is 31.9 Å². The quantitative estimate of drug-likeness (QED) is 0.597. The van der Waals surface area contributed by atoms with E-state index in [4.69, 9.17) is 0 Å². The van der Waals surface area contributed by atoms with Crippen molar-refractivity contribution >= 4 is 31.9 Å². The third-order valence-corrected chi connectivity index (χ3v) is 3.00. The summed E-state index contributed by atoms with van der Waals surface area (Å²) >= 11 is 6.32. The molecule has 0 radical (unpaired) electrons. The molecule has 84 valence electrons. The number of halogens is 4. The van der Waals surface area contributed by atoms with E-state index in [1.165, 1.54) is 12.1 Å². The molecule has 1 rings (SSSR count). The fraction of sp³-hybridized carbons (Fsp3) is 0.400. The second-order valence-electron chi connectivity index (χ2n) is 3.25. The van der Waals surface area contributed by atoms with Crippen LogP contribution in [0.5, 0.6) is 0 Å². The molecule has 1 aromatic rings. The summed E-state index contributed by atoms with van der Waals surface area (Å²) in [6.07, 6.45) is 0. The van der Waals surface area contributed by atoms with E-state index in [-0.39, 0.29) is 12.1 Å². The van der Waals surface area contributed by atoms with Crippen LogP contribution in [0.25, 0.3) is 0 Å². The van der Waals surface area contributed by atoms with E-state index < -0.39 is 11.6 Å². The molecule has 1 aromatic carbocycles. The monoisotopic (exact) mass is 341 g/mol. The fourth-order valence-corrected chi connectivity index (χ4v) is 2.18. The summed E-state index contributed by atoms with van der Waals surface area (Å²) in [6.45, 7) is 1.01. The average molecular weight is 343 g/mol. The third-order valence-electron chi connectivity index (χ3n) is 2.03. The van der Waals surface area contributed by atoms with Gasteiger partial charge in [0.05, 0.1) is 4.47 Å². The summed E-state index contributed by atoms with van der Waals surface area (Å²) < 4.78 is 27.2. The lowest BCUT2D eigenvalue weighted by molar-refractivity contribution is 0.334. The Bertz CT molecular complexity index is 344. The van der Waals surface area contributed by atoms with E-state index in [1.54, 1.807) is 0 Å². The zero-order valence-corrected chi connectivity index (χ0v) is 11.4. The summed E-state index contributed by atoms with van der Waals surface area (Å²) in [5.74, 6) is -1.02. The minimum atomic E-state index is -0.517. The maximum atomic E-state index is 13.5. The molecule has 0 aromatic heterocycles. The highest BCUT2D eigenvalue weighted by Crippen LogP contribution is 2.22. The van der Waals surface area contributed by atoms with Gasteiger partial charge in [-0.25, -0.2) is 8.78 Å². The van der Waals surface area contributed by atoms with Gasteiger partial charge < -0.3 is 4.90 Å². The van der Waals surface area contributed by atoms with Gasteiger partial charge in [0, 0.05) is 24.0 Å². The molecule has 0 spiro atoms. The van der Waals surface area contributed by atoms with Crippen molar-refractivity contribution in [1.29, 1.82) is 0 Å². The molecular formula is C10H11Br2F2N. The average Bonchev–Trinajstić information content (AvgIpc) is 2.19. The van der Waals surface area contributed by atoms with Crippen molar-refractivity contribution in [2.24, 2.45) is 0 Å². The van der Waals surface area contributed by atoms with Gasteiger partial charge in [0.25, 0.3) is 0 Å². The summed E-state index contributed by atoms with van der Waals surface area (Å²) in [6, 6.07) is 2.64. The molecule has 0 amide bonds. The minimum absolute atomic E-state index is 0.104. The van der Waals surface area contributed by atoms with Crippen LogP contribution < -0.4 is 0 Å². The fourth-order valence-electron chi connectivity index (χ4n) is 1.21. The minimum Gasteiger partial charge on any atom is -0.301 e. The van der Waals surface area contributed by atoms with E-state index in [0.717, 1.165) is 11.9 Å². The molecule has 0 unspecified atom stereocenters. The first-order valence-corrected chi connectivity index (χ1v) is 6.34. The predicted molar refractivity (Wildman–Crippen MR) is 64.2 cm³/mol. The summed E-state index contributed by atoms with van der Waals surface area (Å²) in [5.41, 5.74) is 0.104. The molecule has 0 saturated carbocycles. The van der Waals surface area contributed by atoms with Crippen molar-refractivity contribution < 1.29 is 8.78 Å². The summed E-state index contributed by atoms with van der Waals surface area (Å²) in [7, 11) is 1.82. The van der Waals surface area contributed by atoms with E-state index in [9.17, 15) is 8.78 Å². The standard InChI is InChI=1S/C10H11Br2F2N/c1-15(5-4-11)6-7-9(13)3-2-8(12)10(7)14/h2-3H,4-6H2,1H3. The maximum Gasteiger partial charge on any atom is 0.144 e. The lowest BCUT2D eigenvalue weighted by Crippen LogP contribution is -2.21. The van der Waals surface area contributed by atoms with E-state index in [1.807, 2.05) is 11.9 Å². The van der Waals surface area contributed by atoms with Crippen molar-refractivity contribution in [3.05, 3.63) is 33.8 Å². The van der Waals surface area contributed by atoms with Crippen LogP contribution in [0, 0.1) is 11.6 Å². The molecule has 0 aliphatic carbocycles. The SMILES string of the molecule is CN(CCBr)Cc1c(F)ccc(Br)c1F. The largest absolute Gasteiger partial charge is 0.301 e. The molecule has 0 N–H and O–H groups in total. The van der Waals surface area contributed by atoms with Gasteiger partial charge in [0.1, 0.15) is 11.6 Å². The Morgan fingerprint density at radius 2 is 2.00 bits per heavy atom. The van der Waals surface area contributed by atoms with Crippen LogP contribution in [0.1, 0.15) is 5.56 Å². The van der Waals surface area contributed by atoms with Crippen LogP contribution in [0.15, 0.2) is 16.6 Å². The van der Waals surface area contributed by atoms with Crippen LogP contribution in [-0.2, 0) is 6.54 Å². The van der Waals surface area contributed by atoms with Crippen LogP contribution in [0.3, 0.4) is 0 Å². The molecule has 0 atom stereocenters. The van der Waals surface area contributed by atoms with Gasteiger partial charge in [-0.1, -0.05) is 15.9 Å². The summed E-state index contributed by atoms with van der Waals surface area (Å²) in [5, 5.41) is 0.779. The van der Waals surface area contributed by atoms with Gasteiger partial charge >= 0.3 is 0 Å². The van der Waals surface area contributed by atoms with E-state index >= 15 is 0 Å². The molecule has 0 aliphatic heterocycles. The molecule has 15 heavy (non-hydrogen) atoms. The molecule has 0 heterocycles. The normalized spacial score (nSPS) is 11.1. The Labute approximate surface area is 105 Å². The molecular weight excluding hydrogens is 332 g/mol.